The van der Waals surface area contributed by atoms with Gasteiger partial charge in [0, 0.05) is 13.1 Å². The number of ether oxygens (including phenoxy) is 1. The van der Waals surface area contributed by atoms with Crippen LogP contribution in [0.1, 0.15) is 54.4 Å². The Morgan fingerprint density at radius 1 is 1.30 bits per heavy atom. The van der Waals surface area contributed by atoms with Crippen LogP contribution >= 0.6 is 0 Å². The number of hydrogen-bond acceptors (Lipinski definition) is 3. The van der Waals surface area contributed by atoms with E-state index < -0.39 is 5.60 Å². The van der Waals surface area contributed by atoms with Gasteiger partial charge >= 0.3 is 6.09 Å². The van der Waals surface area contributed by atoms with E-state index in [1.165, 1.54) is 0 Å². The van der Waals surface area contributed by atoms with E-state index >= 15 is 0 Å². The van der Waals surface area contributed by atoms with E-state index in [9.17, 15) is 4.79 Å². The molecule has 4 nitrogen and oxygen atoms in total. The monoisotopic (exact) mass is 284 g/mol. The highest BCUT2D eigenvalue weighted by Crippen LogP contribution is 2.34. The minimum atomic E-state index is -0.418. The first-order chi connectivity index (χ1) is 9.04. The zero-order valence-corrected chi connectivity index (χ0v) is 14.0. The van der Waals surface area contributed by atoms with Gasteiger partial charge in [-0.1, -0.05) is 20.8 Å². The van der Waals surface area contributed by atoms with Gasteiger partial charge in [-0.15, -0.1) is 0 Å². The van der Waals surface area contributed by atoms with Gasteiger partial charge in [-0.2, -0.15) is 0 Å². The van der Waals surface area contributed by atoms with Crippen molar-refractivity contribution in [1.82, 2.24) is 4.90 Å². The van der Waals surface area contributed by atoms with E-state index in [1.54, 1.807) is 0 Å². The van der Waals surface area contributed by atoms with Gasteiger partial charge in [0.05, 0.1) is 0 Å². The number of hydrogen-bond donors (Lipinski definition) is 1. The maximum absolute atomic E-state index is 12.1. The maximum atomic E-state index is 12.1. The van der Waals surface area contributed by atoms with Crippen LogP contribution in [0.4, 0.5) is 4.79 Å². The smallest absolute Gasteiger partial charge is 0.410 e. The van der Waals surface area contributed by atoms with Crippen molar-refractivity contribution in [3.8, 4) is 0 Å². The molecule has 1 saturated heterocycles. The van der Waals surface area contributed by atoms with Crippen molar-refractivity contribution in [2.45, 2.75) is 60.0 Å². The van der Waals surface area contributed by atoms with Crippen LogP contribution in [0, 0.1) is 17.3 Å². The number of likely N-dealkylation sites (tertiary alicyclic amines) is 1. The van der Waals surface area contributed by atoms with Gasteiger partial charge in [-0.3, -0.25) is 0 Å². The molecule has 1 fully saturated rings. The average Bonchev–Trinajstić information content (AvgIpc) is 2.29. The van der Waals surface area contributed by atoms with Crippen LogP contribution in [-0.4, -0.2) is 36.2 Å². The summed E-state index contributed by atoms with van der Waals surface area (Å²) < 4.78 is 5.45. The fraction of sp³-hybridized carbons (Fsp3) is 0.938. The van der Waals surface area contributed by atoms with E-state index in [0.717, 1.165) is 25.9 Å². The molecule has 1 aliphatic rings. The lowest BCUT2D eigenvalue weighted by Crippen LogP contribution is -2.46. The summed E-state index contributed by atoms with van der Waals surface area (Å²) in [6.07, 6.45) is 2.00. The molecule has 20 heavy (non-hydrogen) atoms. The maximum Gasteiger partial charge on any atom is 0.410 e. The van der Waals surface area contributed by atoms with E-state index in [1.807, 2.05) is 25.7 Å². The number of piperidine rings is 1. The van der Waals surface area contributed by atoms with Crippen LogP contribution < -0.4 is 5.73 Å². The Labute approximate surface area is 124 Å². The first kappa shape index (κ1) is 17.3. The van der Waals surface area contributed by atoms with Gasteiger partial charge in [0.25, 0.3) is 0 Å². The van der Waals surface area contributed by atoms with Crippen LogP contribution in [0.2, 0.25) is 0 Å². The van der Waals surface area contributed by atoms with E-state index in [4.69, 9.17) is 10.5 Å². The summed E-state index contributed by atoms with van der Waals surface area (Å²) in [5, 5.41) is 0. The fourth-order valence-electron chi connectivity index (χ4n) is 2.78. The van der Waals surface area contributed by atoms with Gasteiger partial charge in [0.15, 0.2) is 0 Å². The topological polar surface area (TPSA) is 55.6 Å². The molecule has 0 aromatic heterocycles. The highest BCUT2D eigenvalue weighted by Gasteiger charge is 2.33. The molecule has 0 aromatic rings. The average molecular weight is 284 g/mol. The first-order valence-corrected chi connectivity index (χ1v) is 7.72. The Hall–Kier alpha value is -0.770. The molecule has 0 aromatic carbocycles. The van der Waals surface area contributed by atoms with Gasteiger partial charge in [0.2, 0.25) is 0 Å². The van der Waals surface area contributed by atoms with Crippen LogP contribution in [0.15, 0.2) is 0 Å². The fourth-order valence-corrected chi connectivity index (χ4v) is 2.78. The third-order valence-corrected chi connectivity index (χ3v) is 4.10. The van der Waals surface area contributed by atoms with Gasteiger partial charge in [0.1, 0.15) is 5.60 Å². The Bertz CT molecular complexity index is 334. The standard InChI is InChI=1S/C16H32N2O2/c1-12-10-18(14(19)20-15(2,3)4)8-7-13(12)9-16(5,6)11-17/h12-13H,7-11,17H2,1-6H3. The predicted octanol–water partition coefficient (Wildman–Crippen LogP) is 3.25. The Morgan fingerprint density at radius 3 is 2.35 bits per heavy atom. The summed E-state index contributed by atoms with van der Waals surface area (Å²) in [5.74, 6) is 1.15. The summed E-state index contributed by atoms with van der Waals surface area (Å²) >= 11 is 0. The van der Waals surface area contributed by atoms with E-state index in [-0.39, 0.29) is 11.5 Å². The Morgan fingerprint density at radius 2 is 1.90 bits per heavy atom. The van der Waals surface area contributed by atoms with E-state index in [2.05, 4.69) is 20.8 Å². The van der Waals surface area contributed by atoms with E-state index in [0.29, 0.717) is 18.4 Å². The zero-order chi connectivity index (χ0) is 15.6. The molecule has 0 bridgehead atoms. The number of nitrogens with two attached hydrogens (primary N) is 1. The van der Waals surface area contributed by atoms with Gasteiger partial charge < -0.3 is 15.4 Å². The normalized spacial score (nSPS) is 24.6. The highest BCUT2D eigenvalue weighted by molar-refractivity contribution is 5.68. The molecule has 118 valence electrons. The number of amides is 1. The molecule has 0 saturated carbocycles. The summed E-state index contributed by atoms with van der Waals surface area (Å²) in [7, 11) is 0. The van der Waals surface area contributed by atoms with Crippen LogP contribution in [0.5, 0.6) is 0 Å². The lowest BCUT2D eigenvalue weighted by Gasteiger charge is -2.40. The summed E-state index contributed by atoms with van der Waals surface area (Å²) in [5.41, 5.74) is 5.60. The van der Waals surface area contributed by atoms with Crippen molar-refractivity contribution in [2.75, 3.05) is 19.6 Å². The second-order valence-electron chi connectivity index (χ2n) is 8.02. The molecule has 0 radical (unpaired) electrons. The van der Waals surface area contributed by atoms with Crippen molar-refractivity contribution in [3.63, 3.8) is 0 Å². The third-order valence-electron chi connectivity index (χ3n) is 4.10. The quantitative estimate of drug-likeness (QED) is 0.865. The summed E-state index contributed by atoms with van der Waals surface area (Å²) in [4.78, 5) is 13.9. The van der Waals surface area contributed by atoms with Crippen LogP contribution in [0.25, 0.3) is 0 Å². The van der Waals surface area contributed by atoms with Crippen molar-refractivity contribution < 1.29 is 9.53 Å². The lowest BCUT2D eigenvalue weighted by atomic mass is 9.75. The van der Waals surface area contributed by atoms with Crippen molar-refractivity contribution in [2.24, 2.45) is 23.0 Å². The van der Waals surface area contributed by atoms with Crippen LogP contribution in [-0.2, 0) is 4.74 Å². The van der Waals surface area contributed by atoms with Crippen LogP contribution in [0.3, 0.4) is 0 Å². The molecule has 1 aliphatic heterocycles. The largest absolute Gasteiger partial charge is 0.444 e. The number of nitrogens with zero attached hydrogens (tertiary/aromatic N) is 1. The molecule has 1 heterocycles. The van der Waals surface area contributed by atoms with Crippen molar-refractivity contribution in [1.29, 1.82) is 0 Å². The van der Waals surface area contributed by atoms with Crippen molar-refractivity contribution >= 4 is 6.09 Å². The van der Waals surface area contributed by atoms with Crippen molar-refractivity contribution in [3.05, 3.63) is 0 Å². The molecule has 0 spiro atoms. The number of carbonyl (C=O) groups is 1. The molecule has 2 N–H and O–H groups in total. The number of carbonyl (C=O) groups excluding carboxylic acids is 1. The van der Waals surface area contributed by atoms with Gasteiger partial charge in [-0.05, 0) is 57.4 Å². The first-order valence-electron chi connectivity index (χ1n) is 7.72. The predicted molar refractivity (Wildman–Crippen MR) is 82.5 cm³/mol. The summed E-state index contributed by atoms with van der Waals surface area (Å²) in [6.45, 7) is 14.7. The SMILES string of the molecule is CC1CN(C(=O)OC(C)(C)C)CCC1CC(C)(C)CN. The summed E-state index contributed by atoms with van der Waals surface area (Å²) in [6, 6.07) is 0. The molecule has 1 amide bonds. The molecule has 1 rings (SSSR count). The molecule has 2 atom stereocenters. The zero-order valence-electron chi connectivity index (χ0n) is 14.0. The minimum Gasteiger partial charge on any atom is -0.444 e. The minimum absolute atomic E-state index is 0.180. The Balaban J connectivity index is 2.53. The molecule has 4 heteroatoms. The molecule has 2 unspecified atom stereocenters. The number of rotatable bonds is 3. The third kappa shape index (κ3) is 5.31. The second kappa shape index (κ2) is 6.33. The highest BCUT2D eigenvalue weighted by atomic mass is 16.6. The molecular weight excluding hydrogens is 252 g/mol. The molecule has 0 aliphatic carbocycles. The Kier molecular flexibility index (Phi) is 5.47. The molecular formula is C16H32N2O2. The second-order valence-corrected chi connectivity index (χ2v) is 8.02. The van der Waals surface area contributed by atoms with Gasteiger partial charge in [-0.25, -0.2) is 4.79 Å². The lowest BCUT2D eigenvalue weighted by molar-refractivity contribution is 0.00869.